The van der Waals surface area contributed by atoms with Crippen LogP contribution in [0.4, 0.5) is 39.5 Å². The molecule has 8 aromatic rings. The number of piperidine rings is 1. The van der Waals surface area contributed by atoms with Gasteiger partial charge in [0, 0.05) is 147 Å². The lowest BCUT2D eigenvalue weighted by Gasteiger charge is -2.38. The summed E-state index contributed by atoms with van der Waals surface area (Å²) in [6.07, 6.45) is 4.50. The van der Waals surface area contributed by atoms with E-state index >= 15 is 0 Å². The van der Waals surface area contributed by atoms with Crippen molar-refractivity contribution >= 4 is 129 Å². The van der Waals surface area contributed by atoms with Crippen LogP contribution < -0.4 is 21.3 Å². The summed E-state index contributed by atoms with van der Waals surface area (Å²) < 4.78 is 158. The number of alkyl halides is 4. The molecule has 0 radical (unpaired) electrons. The molecule has 48 heteroatoms. The van der Waals surface area contributed by atoms with Gasteiger partial charge in [-0.2, -0.15) is 0 Å². The molecule has 0 bridgehead atoms. The quantitative estimate of drug-likeness (QED) is 0.0158. The Hall–Kier alpha value is -13.2. The number of amidine groups is 4. The minimum atomic E-state index is -3.22. The number of nitrogens with zero attached hydrogens (tertiary/aromatic N) is 12. The lowest BCUT2D eigenvalue weighted by atomic mass is 9.94. The number of aryl methyl sites for hydroxylation is 3. The number of carboxylic acids is 4. The van der Waals surface area contributed by atoms with Gasteiger partial charge in [0.1, 0.15) is 88.7 Å². The zero-order valence-electron chi connectivity index (χ0n) is 76.1. The molecule has 16 rings (SSSR count). The number of ether oxygens (including phenoxy) is 6. The number of hydrogen-bond donors (Lipinski definition) is 8. The Morgan fingerprint density at radius 1 is 0.430 bits per heavy atom. The SMILES string of the molecule is COC(=O)C1=C(CN2CC(F)(F)CCC2C(=O)O)NC(c2nccs2)=N[C@H]1c1ccc(F)cc1Cl.COC(=O)C1=C(CN2CC(F)(F)C[C@H]2C(=O)O)NC(c2cc(C)ccn2)=N[C@H]1c1ccc(F)cc1Cl.COC(=O)C1=C(CN2CCOC[C@H]2C(=O)O)NC(c2cc(C)ccn2)=N[C@H]1c1ccc(F)cc1Cl.COC(=O)C1=C(CN2CCOC[C@H]2C(=O)O)NC(c2ncc(C)cc2F)=N[C@H]1c1ccc(F)cc1Cl. The van der Waals surface area contributed by atoms with E-state index in [2.05, 4.69) is 56.2 Å². The molecule has 0 amide bonds. The third-order valence-electron chi connectivity index (χ3n) is 23.4. The summed E-state index contributed by atoms with van der Waals surface area (Å²) in [5.74, 6) is -16.4. The van der Waals surface area contributed by atoms with Gasteiger partial charge in [0.15, 0.2) is 34.2 Å². The highest BCUT2D eigenvalue weighted by molar-refractivity contribution is 7.11. The molecule has 34 nitrogen and oxygen atoms in total. The molecule has 0 spiro atoms. The van der Waals surface area contributed by atoms with E-state index < -0.39 is 163 Å². The molecule has 12 heterocycles. The highest BCUT2D eigenvalue weighted by Gasteiger charge is 2.51. The summed E-state index contributed by atoms with van der Waals surface area (Å²) in [5, 5.41) is 52.8. The first-order valence-electron chi connectivity index (χ1n) is 43.2. The van der Waals surface area contributed by atoms with Crippen LogP contribution >= 0.6 is 57.7 Å². The number of likely N-dealkylation sites (tertiary alicyclic amines) is 2. The Morgan fingerprint density at radius 3 is 1.13 bits per heavy atom. The van der Waals surface area contributed by atoms with Crippen LogP contribution in [-0.2, 0) is 66.8 Å². The highest BCUT2D eigenvalue weighted by Crippen LogP contribution is 2.44. The number of pyridine rings is 3. The van der Waals surface area contributed by atoms with Crippen LogP contribution in [0.2, 0.25) is 20.1 Å². The van der Waals surface area contributed by atoms with Crippen LogP contribution in [0.1, 0.15) is 104 Å². The van der Waals surface area contributed by atoms with Crippen LogP contribution in [0, 0.1) is 49.9 Å². The molecule has 0 saturated carbocycles. The van der Waals surface area contributed by atoms with E-state index in [9.17, 15) is 98.3 Å². The molecular formula is C94H89Cl4F9N16O18S. The van der Waals surface area contributed by atoms with Crippen LogP contribution in [0.5, 0.6) is 0 Å². The zero-order valence-corrected chi connectivity index (χ0v) is 80.0. The first-order chi connectivity index (χ1) is 67.5. The first kappa shape index (κ1) is 106. The number of esters is 4. The van der Waals surface area contributed by atoms with Crippen molar-refractivity contribution in [1.29, 1.82) is 0 Å². The summed E-state index contributed by atoms with van der Waals surface area (Å²) >= 11 is 26.5. The van der Waals surface area contributed by atoms with Crippen molar-refractivity contribution in [3.8, 4) is 0 Å². The van der Waals surface area contributed by atoms with Crippen molar-refractivity contribution in [1.82, 2.24) is 60.8 Å². The molecule has 8 atom stereocenters. The largest absolute Gasteiger partial charge is 0.480 e. The number of hydrogen-bond acceptors (Lipinski definition) is 31. The lowest BCUT2D eigenvalue weighted by Crippen LogP contribution is -2.54. The minimum absolute atomic E-state index is 0.000629. The number of nitrogens with one attached hydrogen (secondary N) is 4. The maximum absolute atomic E-state index is 14.9. The molecule has 4 fully saturated rings. The molecule has 142 heavy (non-hydrogen) atoms. The fourth-order valence-electron chi connectivity index (χ4n) is 16.6. The molecule has 4 saturated heterocycles. The number of morpholine rings is 2. The van der Waals surface area contributed by atoms with Gasteiger partial charge >= 0.3 is 47.8 Å². The van der Waals surface area contributed by atoms with Gasteiger partial charge in [0.25, 0.3) is 11.8 Å². The van der Waals surface area contributed by atoms with E-state index in [4.69, 9.17) is 79.8 Å². The van der Waals surface area contributed by atoms with E-state index in [0.717, 1.165) is 71.5 Å². The van der Waals surface area contributed by atoms with Gasteiger partial charge in [0.2, 0.25) is 0 Å². The number of carboxylic acid groups (broad SMARTS) is 4. The number of aliphatic imine (C=N–C) groups is 4. The van der Waals surface area contributed by atoms with E-state index in [1.165, 1.54) is 80.4 Å². The third kappa shape index (κ3) is 25.3. The second kappa shape index (κ2) is 46.3. The molecule has 750 valence electrons. The molecule has 8 aliphatic rings. The second-order valence-electron chi connectivity index (χ2n) is 33.1. The van der Waals surface area contributed by atoms with E-state index in [0.29, 0.717) is 52.2 Å². The summed E-state index contributed by atoms with van der Waals surface area (Å²) in [5.41, 5.74) is 5.30. The van der Waals surface area contributed by atoms with Crippen LogP contribution in [0.15, 0.2) is 198 Å². The Kier molecular flexibility index (Phi) is 34.6. The molecular weight excluding hydrogens is 1990 g/mol. The summed E-state index contributed by atoms with van der Waals surface area (Å²) in [4.78, 5) is 140. The predicted octanol–water partition coefficient (Wildman–Crippen LogP) is 12.2. The minimum Gasteiger partial charge on any atom is -0.480 e. The number of thiazole rings is 1. The summed E-state index contributed by atoms with van der Waals surface area (Å²) in [7, 11) is 4.71. The lowest BCUT2D eigenvalue weighted by molar-refractivity contribution is -0.152. The molecule has 8 aliphatic heterocycles. The maximum atomic E-state index is 14.9. The van der Waals surface area contributed by atoms with Gasteiger partial charge in [-0.15, -0.1) is 11.3 Å². The van der Waals surface area contributed by atoms with E-state index in [1.54, 1.807) is 46.6 Å². The van der Waals surface area contributed by atoms with Gasteiger partial charge in [-0.25, -0.2) is 68.7 Å². The topological polar surface area (TPSA) is 435 Å². The number of carbonyl (C=O) groups is 8. The Labute approximate surface area is 827 Å². The van der Waals surface area contributed by atoms with Crippen LogP contribution in [-0.4, -0.2) is 274 Å². The Balaban J connectivity index is 0.000000159. The number of rotatable bonds is 24. The van der Waals surface area contributed by atoms with Crippen molar-refractivity contribution < 1.29 is 127 Å². The number of methoxy groups -OCH3 is 4. The van der Waals surface area contributed by atoms with Gasteiger partial charge < -0.3 is 70.1 Å². The highest BCUT2D eigenvalue weighted by atomic mass is 35.5. The number of aliphatic carboxylic acids is 4. The van der Waals surface area contributed by atoms with Gasteiger partial charge in [-0.05, 0) is 123 Å². The maximum Gasteiger partial charge on any atom is 0.338 e. The molecule has 1 unspecified atom stereocenters. The average Bonchev–Trinajstić information content (AvgIpc) is 1.38. The fourth-order valence-corrected chi connectivity index (χ4v) is 18.3. The number of halogens is 13. The summed E-state index contributed by atoms with van der Waals surface area (Å²) in [6, 6.07) is 14.3. The normalized spacial score (nSPS) is 21.3. The molecule has 0 aliphatic carbocycles. The van der Waals surface area contributed by atoms with Crippen molar-refractivity contribution in [2.45, 2.75) is 100 Å². The van der Waals surface area contributed by atoms with Gasteiger partial charge in [-0.1, -0.05) is 70.7 Å². The van der Waals surface area contributed by atoms with Crippen molar-refractivity contribution in [2.75, 3.05) is 107 Å². The van der Waals surface area contributed by atoms with E-state index in [1.807, 2.05) is 26.0 Å². The number of carbonyl (C=O) groups excluding carboxylic acids is 4. The predicted molar refractivity (Wildman–Crippen MR) is 498 cm³/mol. The summed E-state index contributed by atoms with van der Waals surface area (Å²) in [6.45, 7) is 4.35. The standard InChI is InChI=1S/C24H22ClF3N4O4.C24H23ClF2N4O5.C24H24ClFN4O5.C22H20ClF3N4O4S/c1-12-5-6-29-16(7-12)21-30-17(10-32-11-24(27,28)9-18(32)22(33)34)19(23(35)36-2)20(31-21)14-4-3-13(26)8-15(14)25;1-12-7-16(27)21(28-9-12)22-29-17(10-31-5-6-36-11-18(31)23(32)33)19(24(34)35-2)20(30-22)14-4-3-13(26)8-15(14)25;1-13-5-6-27-17(9-13)22-28-18(11-30-7-8-35-12-19(30)23(31)32)20(24(33)34-2)21(29-22)15-4-3-14(26)10-16(15)25;1-34-21(33)16-14(9-30-10-22(25,26)5-4-15(30)20(31)32)28-18(19-27-6-7-35-19)29-17(16)12-3-2-11(24)8-13(12)23/h3-8,18,20H,9-11H2,1-2H3,(H,30,31)(H,33,34);3-4,7-9,18,20H,5-6,10-11H2,1-2H3,(H,29,30)(H,32,33);3-6,9-10,19,21H,7-8,11-12H2,1-2H3,(H,28,29)(H,31,32);2-3,6-8,15,17H,4-5,9-10H2,1H3,(H,28,29)(H,31,32)/t2*18-,20-;19-,21-;15?,17-/m0000/s1. The average molecular weight is 2080 g/mol. The van der Waals surface area contributed by atoms with Crippen molar-refractivity contribution in [3.63, 3.8) is 0 Å². The van der Waals surface area contributed by atoms with Crippen molar-refractivity contribution in [3.05, 3.63) is 289 Å². The van der Waals surface area contributed by atoms with E-state index in [-0.39, 0.29) is 158 Å². The Bertz CT molecular complexity index is 6500. The monoisotopic (exact) mass is 2070 g/mol. The fraction of sp³-hybridized carbons (Fsp3) is 0.340. The number of aromatic nitrogens is 4. The smallest absolute Gasteiger partial charge is 0.338 e. The zero-order chi connectivity index (χ0) is 103. The van der Waals surface area contributed by atoms with Crippen molar-refractivity contribution in [2.24, 2.45) is 20.0 Å². The van der Waals surface area contributed by atoms with Crippen LogP contribution in [0.3, 0.4) is 0 Å². The third-order valence-corrected chi connectivity index (χ3v) is 25.5. The molecule has 4 aromatic carbocycles. The van der Waals surface area contributed by atoms with Gasteiger partial charge in [0.05, 0.1) is 90.2 Å². The molecule has 8 N–H and O–H groups in total. The number of benzene rings is 4. The molecule has 4 aromatic heterocycles. The van der Waals surface area contributed by atoms with Crippen LogP contribution in [0.25, 0.3) is 0 Å². The first-order valence-corrected chi connectivity index (χ1v) is 45.6. The van der Waals surface area contributed by atoms with Gasteiger partial charge in [-0.3, -0.25) is 68.7 Å². The Morgan fingerprint density at radius 2 is 0.782 bits per heavy atom. The second-order valence-corrected chi connectivity index (χ2v) is 35.6.